The van der Waals surface area contributed by atoms with Crippen molar-refractivity contribution in [2.75, 3.05) is 6.54 Å². The van der Waals surface area contributed by atoms with Crippen molar-refractivity contribution in [2.24, 2.45) is 0 Å². The van der Waals surface area contributed by atoms with E-state index in [1.54, 1.807) is 11.3 Å². The lowest BCUT2D eigenvalue weighted by Crippen LogP contribution is -2.22. The maximum absolute atomic E-state index is 5.51. The first kappa shape index (κ1) is 14.7. The number of thiophene rings is 1. The van der Waals surface area contributed by atoms with Gasteiger partial charge in [-0.3, -0.25) is 0 Å². The number of fused-ring (bicyclic) bond motifs is 1. The average Bonchev–Trinajstić information content (AvgIpc) is 3.01. The van der Waals surface area contributed by atoms with Crippen molar-refractivity contribution in [1.29, 1.82) is 0 Å². The van der Waals surface area contributed by atoms with Gasteiger partial charge >= 0.3 is 0 Å². The molecule has 0 radical (unpaired) electrons. The number of halogens is 2. The molecular weight excluding hydrogens is 402 g/mol. The topological polar surface area (TPSA) is 21.3 Å². The normalized spacial score (nSPS) is 15.3. The van der Waals surface area contributed by atoms with Gasteiger partial charge in [-0.1, -0.05) is 25.1 Å². The Kier molecular flexibility index (Phi) is 4.62. The quantitative estimate of drug-likeness (QED) is 0.756. The first-order valence-corrected chi connectivity index (χ1v) is 8.97. The Morgan fingerprint density at radius 2 is 2.05 bits per heavy atom. The molecule has 20 heavy (non-hydrogen) atoms. The molecule has 1 atom stereocenters. The van der Waals surface area contributed by atoms with Crippen molar-refractivity contribution < 1.29 is 4.74 Å². The van der Waals surface area contributed by atoms with Gasteiger partial charge in [-0.05, 0) is 66.7 Å². The molecule has 0 bridgehead atoms. The second-order valence-electron chi connectivity index (χ2n) is 4.79. The van der Waals surface area contributed by atoms with E-state index in [-0.39, 0.29) is 6.04 Å². The summed E-state index contributed by atoms with van der Waals surface area (Å²) in [5.41, 5.74) is 5.20. The first-order chi connectivity index (χ1) is 9.69. The number of ether oxygens (including phenoxy) is 1. The summed E-state index contributed by atoms with van der Waals surface area (Å²) >= 11 is 8.95. The van der Waals surface area contributed by atoms with Gasteiger partial charge in [0.2, 0.25) is 0 Å². The number of nitrogens with one attached hydrogen (secondary N) is 1. The highest BCUT2D eigenvalue weighted by atomic mass is 79.9. The predicted molar refractivity (Wildman–Crippen MR) is 90.2 cm³/mol. The van der Waals surface area contributed by atoms with Gasteiger partial charge in [-0.2, -0.15) is 0 Å². The van der Waals surface area contributed by atoms with Crippen LogP contribution >= 0.6 is 43.2 Å². The predicted octanol–water partition coefficient (Wildman–Crippen LogP) is 5.00. The minimum absolute atomic E-state index is 0.211. The lowest BCUT2D eigenvalue weighted by molar-refractivity contribution is 0.134. The van der Waals surface area contributed by atoms with Crippen LogP contribution in [-0.4, -0.2) is 6.54 Å². The molecule has 2 heterocycles. The molecule has 2 nitrogen and oxygen atoms in total. The fraction of sp³-hybridized carbons (Fsp3) is 0.333. The summed E-state index contributed by atoms with van der Waals surface area (Å²) in [5, 5.41) is 3.58. The van der Waals surface area contributed by atoms with Crippen LogP contribution in [0, 0.1) is 0 Å². The van der Waals surface area contributed by atoms with E-state index in [1.165, 1.54) is 26.0 Å². The summed E-state index contributed by atoms with van der Waals surface area (Å²) in [4.78, 5) is 0. The molecule has 1 aliphatic rings. The molecule has 2 aromatic rings. The summed E-state index contributed by atoms with van der Waals surface area (Å²) in [6.07, 6.45) is 0. The lowest BCUT2D eigenvalue weighted by atomic mass is 9.97. The number of benzene rings is 1. The molecule has 0 aliphatic carbocycles. The zero-order valence-electron chi connectivity index (χ0n) is 11.1. The molecule has 0 saturated carbocycles. The molecule has 1 aromatic heterocycles. The molecule has 5 heteroatoms. The lowest BCUT2D eigenvalue weighted by Gasteiger charge is -2.19. The van der Waals surface area contributed by atoms with Crippen LogP contribution in [0.1, 0.15) is 35.2 Å². The van der Waals surface area contributed by atoms with Gasteiger partial charge in [0.05, 0.1) is 26.8 Å². The molecule has 0 spiro atoms. The molecule has 0 saturated heterocycles. The largest absolute Gasteiger partial charge is 0.372 e. The second kappa shape index (κ2) is 6.28. The third-order valence-corrected chi connectivity index (χ3v) is 5.87. The van der Waals surface area contributed by atoms with Crippen molar-refractivity contribution in [1.82, 2.24) is 5.32 Å². The SMILES string of the molecule is CCNC(c1ccc2c(c1)COC2)c1cc(Br)sc1Br. The van der Waals surface area contributed by atoms with Gasteiger partial charge in [0.15, 0.2) is 0 Å². The Morgan fingerprint density at radius 3 is 2.75 bits per heavy atom. The second-order valence-corrected chi connectivity index (χ2v) is 8.54. The van der Waals surface area contributed by atoms with Crippen LogP contribution in [0.5, 0.6) is 0 Å². The molecule has 3 rings (SSSR count). The fourth-order valence-electron chi connectivity index (χ4n) is 2.53. The maximum atomic E-state index is 5.51. The van der Waals surface area contributed by atoms with E-state index in [4.69, 9.17) is 4.74 Å². The fourth-order valence-corrected chi connectivity index (χ4v) is 5.43. The van der Waals surface area contributed by atoms with Crippen LogP contribution in [0.4, 0.5) is 0 Å². The summed E-state index contributed by atoms with van der Waals surface area (Å²) < 4.78 is 7.83. The zero-order chi connectivity index (χ0) is 14.1. The van der Waals surface area contributed by atoms with Crippen LogP contribution in [0.2, 0.25) is 0 Å². The number of rotatable bonds is 4. The van der Waals surface area contributed by atoms with Crippen LogP contribution in [-0.2, 0) is 18.0 Å². The Labute approximate surface area is 139 Å². The minimum Gasteiger partial charge on any atom is -0.372 e. The standard InChI is InChI=1S/C15H15Br2NOS/c1-2-18-14(12-6-13(16)20-15(12)17)9-3-4-10-7-19-8-11(10)5-9/h3-6,14,18H,2,7-8H2,1H3. The van der Waals surface area contributed by atoms with Crippen LogP contribution in [0.15, 0.2) is 31.8 Å². The molecule has 1 N–H and O–H groups in total. The van der Waals surface area contributed by atoms with Gasteiger partial charge < -0.3 is 10.1 Å². The maximum Gasteiger partial charge on any atom is 0.0761 e. The summed E-state index contributed by atoms with van der Waals surface area (Å²) in [6.45, 7) is 4.54. The van der Waals surface area contributed by atoms with Crippen molar-refractivity contribution in [3.63, 3.8) is 0 Å². The minimum atomic E-state index is 0.211. The molecule has 0 amide bonds. The van der Waals surface area contributed by atoms with Crippen molar-refractivity contribution >= 4 is 43.2 Å². The Morgan fingerprint density at radius 1 is 1.25 bits per heavy atom. The molecule has 1 aromatic carbocycles. The van der Waals surface area contributed by atoms with Crippen LogP contribution in [0.25, 0.3) is 0 Å². The Hall–Kier alpha value is -0.200. The van der Waals surface area contributed by atoms with E-state index >= 15 is 0 Å². The van der Waals surface area contributed by atoms with Crippen LogP contribution in [0.3, 0.4) is 0 Å². The summed E-state index contributed by atoms with van der Waals surface area (Å²) in [6, 6.07) is 9.07. The monoisotopic (exact) mass is 415 g/mol. The number of hydrogen-bond acceptors (Lipinski definition) is 3. The van der Waals surface area contributed by atoms with Gasteiger partial charge in [-0.25, -0.2) is 0 Å². The third-order valence-electron chi connectivity index (χ3n) is 3.48. The zero-order valence-corrected chi connectivity index (χ0v) is 15.1. The molecule has 106 valence electrons. The summed E-state index contributed by atoms with van der Waals surface area (Å²) in [7, 11) is 0. The van der Waals surface area contributed by atoms with Gasteiger partial charge in [0.25, 0.3) is 0 Å². The van der Waals surface area contributed by atoms with E-state index in [9.17, 15) is 0 Å². The molecular formula is C15H15Br2NOS. The van der Waals surface area contributed by atoms with E-state index in [2.05, 4.69) is 68.4 Å². The van der Waals surface area contributed by atoms with Gasteiger partial charge in [0.1, 0.15) is 0 Å². The van der Waals surface area contributed by atoms with E-state index < -0.39 is 0 Å². The van der Waals surface area contributed by atoms with Crippen molar-refractivity contribution in [3.05, 3.63) is 54.1 Å². The Bertz CT molecular complexity index is 626. The molecule has 1 aliphatic heterocycles. The highest BCUT2D eigenvalue weighted by Crippen LogP contribution is 2.38. The van der Waals surface area contributed by atoms with E-state index in [1.807, 2.05) is 0 Å². The highest BCUT2D eigenvalue weighted by molar-refractivity contribution is 9.12. The van der Waals surface area contributed by atoms with Gasteiger partial charge in [-0.15, -0.1) is 11.3 Å². The highest BCUT2D eigenvalue weighted by Gasteiger charge is 2.20. The van der Waals surface area contributed by atoms with Crippen molar-refractivity contribution in [2.45, 2.75) is 26.2 Å². The van der Waals surface area contributed by atoms with E-state index in [0.29, 0.717) is 0 Å². The molecule has 0 fully saturated rings. The third kappa shape index (κ3) is 2.88. The smallest absolute Gasteiger partial charge is 0.0761 e. The Balaban J connectivity index is 2.00. The summed E-state index contributed by atoms with van der Waals surface area (Å²) in [5.74, 6) is 0. The van der Waals surface area contributed by atoms with Gasteiger partial charge in [0, 0.05) is 0 Å². The number of hydrogen-bond donors (Lipinski definition) is 1. The van der Waals surface area contributed by atoms with Crippen LogP contribution < -0.4 is 5.32 Å². The molecule has 1 unspecified atom stereocenters. The van der Waals surface area contributed by atoms with Crippen molar-refractivity contribution in [3.8, 4) is 0 Å². The average molecular weight is 417 g/mol. The van der Waals surface area contributed by atoms with E-state index in [0.717, 1.165) is 23.5 Å². The first-order valence-electron chi connectivity index (χ1n) is 6.56.